The number of nitrogens with zero attached hydrogens (tertiary/aromatic N) is 3. The largest absolute Gasteiger partial charge is 1.00 e. The second-order valence-electron chi connectivity index (χ2n) is 7.28. The van der Waals surface area contributed by atoms with Gasteiger partial charge in [0.05, 0.1) is 17.9 Å². The zero-order chi connectivity index (χ0) is 25.7. The fraction of sp³-hybridized carbons (Fsp3) is 0. The Balaban J connectivity index is 0.00000253. The fourth-order valence-corrected chi connectivity index (χ4v) is 3.00. The molecule has 15 heteroatoms. The molecule has 4 rings (SSSR count). The molecule has 180 valence electrons. The number of aromatic carboxylic acids is 3. The van der Waals surface area contributed by atoms with Crippen LogP contribution in [0.5, 0.6) is 0 Å². The van der Waals surface area contributed by atoms with Crippen molar-refractivity contribution in [1.29, 1.82) is 0 Å². The van der Waals surface area contributed by atoms with E-state index in [0.29, 0.717) is 17.1 Å². The van der Waals surface area contributed by atoms with Crippen LogP contribution in [0.25, 0.3) is 0 Å². The van der Waals surface area contributed by atoms with Crippen molar-refractivity contribution in [3.8, 4) is 0 Å². The molecule has 0 amide bonds. The molecule has 0 aliphatic heterocycles. The Hall–Kier alpha value is -2.52. The van der Waals surface area contributed by atoms with E-state index in [1.165, 1.54) is 72.8 Å². The van der Waals surface area contributed by atoms with Gasteiger partial charge in [-0.25, -0.2) is 0 Å². The molecule has 39 heavy (non-hydrogen) atoms. The second-order valence-corrected chi connectivity index (χ2v) is 7.28. The Kier molecular flexibility index (Phi) is 14.1. The van der Waals surface area contributed by atoms with Crippen molar-refractivity contribution in [2.24, 2.45) is 0 Å². The van der Waals surface area contributed by atoms with Crippen LogP contribution in [0.2, 0.25) is 0 Å². The number of carbonyl (C=O) groups is 3. The summed E-state index contributed by atoms with van der Waals surface area (Å²) in [6.45, 7) is 0. The Morgan fingerprint density at radius 3 is 0.821 bits per heavy atom. The molecule has 0 aliphatic rings. The van der Waals surface area contributed by atoms with E-state index in [1.807, 2.05) is 0 Å². The minimum atomic E-state index is -1.31. The molecule has 0 bridgehead atoms. The van der Waals surface area contributed by atoms with Gasteiger partial charge in [-0.05, 0) is 53.1 Å². The molecule has 3 aromatic carbocycles. The SMILES string of the molecule is O=C([O-])c1ccc(Nc2nc(Nc3ccc(C(=O)[O-])cc3)nc(Nc3ccc(C(=O)[O-])cc3)n2)cc1.[Na+].[Na+].[Na+]. The number of aromatic nitrogens is 3. The number of carboxylic acid groups (broad SMARTS) is 3. The smallest absolute Gasteiger partial charge is 0.545 e. The summed E-state index contributed by atoms with van der Waals surface area (Å²) in [5.74, 6) is -3.66. The summed E-state index contributed by atoms with van der Waals surface area (Å²) in [4.78, 5) is 45.8. The van der Waals surface area contributed by atoms with Gasteiger partial charge in [0.1, 0.15) is 0 Å². The summed E-state index contributed by atoms with van der Waals surface area (Å²) in [5, 5.41) is 41.7. The van der Waals surface area contributed by atoms with E-state index >= 15 is 0 Å². The molecule has 3 N–H and O–H groups in total. The first kappa shape index (κ1) is 34.5. The molecule has 0 radical (unpaired) electrons. The maximum atomic E-state index is 11.0. The predicted molar refractivity (Wildman–Crippen MR) is 122 cm³/mol. The minimum Gasteiger partial charge on any atom is -0.545 e. The Labute approximate surface area is 288 Å². The average Bonchev–Trinajstić information content (AvgIpc) is 2.85. The molecule has 0 saturated carbocycles. The molecule has 0 saturated heterocycles. The monoisotopic (exact) mass is 552 g/mol. The normalized spacial score (nSPS) is 9.54. The quantitative estimate of drug-likeness (QED) is 0.166. The summed E-state index contributed by atoms with van der Waals surface area (Å²) in [5.41, 5.74) is 1.46. The maximum absolute atomic E-state index is 11.0. The number of anilines is 6. The molecule has 12 nitrogen and oxygen atoms in total. The van der Waals surface area contributed by atoms with Gasteiger partial charge in [-0.2, -0.15) is 15.0 Å². The van der Waals surface area contributed by atoms with Gasteiger partial charge in [-0.1, -0.05) is 36.4 Å². The van der Waals surface area contributed by atoms with Crippen LogP contribution < -0.4 is 120 Å². The van der Waals surface area contributed by atoms with E-state index < -0.39 is 17.9 Å². The van der Waals surface area contributed by atoms with Gasteiger partial charge in [0.2, 0.25) is 17.8 Å². The van der Waals surface area contributed by atoms with Crippen molar-refractivity contribution in [1.82, 2.24) is 15.0 Å². The van der Waals surface area contributed by atoms with Crippen molar-refractivity contribution in [3.05, 3.63) is 89.5 Å². The van der Waals surface area contributed by atoms with Gasteiger partial charge in [0.25, 0.3) is 0 Å². The van der Waals surface area contributed by atoms with Gasteiger partial charge in [-0.3, -0.25) is 0 Å². The van der Waals surface area contributed by atoms with E-state index in [0.717, 1.165) is 0 Å². The third kappa shape index (κ3) is 9.87. The Morgan fingerprint density at radius 2 is 0.641 bits per heavy atom. The standard InChI is InChI=1S/C24H18N6O6.3Na/c31-19(32)13-1-7-16(8-2-13)25-22-28-23(26-17-9-3-14(4-10-17)20(33)34)30-24(29-22)27-18-11-5-15(6-12-18)21(35)36;;;/h1-12H,(H,31,32)(H,33,34)(H,35,36)(H3,25,26,27,28,29,30);;;/q;3*+1/p-3. The molecule has 1 heterocycles. The fourth-order valence-electron chi connectivity index (χ4n) is 3.00. The summed E-state index contributed by atoms with van der Waals surface area (Å²) < 4.78 is 0. The molecule has 0 spiro atoms. The van der Waals surface area contributed by atoms with Crippen molar-refractivity contribution < 1.29 is 118 Å². The van der Waals surface area contributed by atoms with Crippen LogP contribution >= 0.6 is 0 Å². The average molecular weight is 552 g/mol. The third-order valence-electron chi connectivity index (χ3n) is 4.77. The second kappa shape index (κ2) is 15.9. The molecule has 4 aromatic rings. The van der Waals surface area contributed by atoms with Crippen LogP contribution in [0, 0.1) is 0 Å². The molecule has 0 atom stereocenters. The Bertz CT molecular complexity index is 1250. The minimum absolute atomic E-state index is 0. The number of carbonyl (C=O) groups excluding carboxylic acids is 3. The molecule has 0 aliphatic carbocycles. The van der Waals surface area contributed by atoms with Crippen LogP contribution in [0.3, 0.4) is 0 Å². The number of hydrogen-bond donors (Lipinski definition) is 3. The summed E-state index contributed by atoms with van der Waals surface area (Å²) >= 11 is 0. The van der Waals surface area contributed by atoms with E-state index in [9.17, 15) is 29.7 Å². The molecular weight excluding hydrogens is 537 g/mol. The van der Waals surface area contributed by atoms with Gasteiger partial charge < -0.3 is 45.7 Å². The van der Waals surface area contributed by atoms with E-state index in [1.54, 1.807) is 0 Å². The van der Waals surface area contributed by atoms with Gasteiger partial charge in [0.15, 0.2) is 0 Å². The number of carboxylic acids is 3. The number of hydrogen-bond acceptors (Lipinski definition) is 12. The van der Waals surface area contributed by atoms with Crippen LogP contribution in [-0.4, -0.2) is 32.9 Å². The number of rotatable bonds is 9. The Morgan fingerprint density at radius 1 is 0.436 bits per heavy atom. The predicted octanol–water partition coefficient (Wildman–Crippen LogP) is -8.80. The van der Waals surface area contributed by atoms with Crippen LogP contribution in [-0.2, 0) is 0 Å². The summed E-state index contributed by atoms with van der Waals surface area (Å²) in [6, 6.07) is 17.2. The molecule has 0 fully saturated rings. The molecular formula is C24H15N6Na3O6. The molecule has 0 unspecified atom stereocenters. The molecule has 1 aromatic heterocycles. The van der Waals surface area contributed by atoms with Crippen LogP contribution in [0.15, 0.2) is 72.8 Å². The zero-order valence-corrected chi connectivity index (χ0v) is 27.2. The van der Waals surface area contributed by atoms with E-state index in [4.69, 9.17) is 0 Å². The zero-order valence-electron chi connectivity index (χ0n) is 21.2. The van der Waals surface area contributed by atoms with Gasteiger partial charge >= 0.3 is 88.7 Å². The third-order valence-corrected chi connectivity index (χ3v) is 4.77. The number of nitrogens with one attached hydrogen (secondary N) is 3. The van der Waals surface area contributed by atoms with E-state index in [2.05, 4.69) is 30.9 Å². The first-order valence-corrected chi connectivity index (χ1v) is 10.3. The van der Waals surface area contributed by atoms with Crippen molar-refractivity contribution in [2.45, 2.75) is 0 Å². The topological polar surface area (TPSA) is 195 Å². The first-order chi connectivity index (χ1) is 17.3. The van der Waals surface area contributed by atoms with Crippen molar-refractivity contribution in [2.75, 3.05) is 16.0 Å². The maximum Gasteiger partial charge on any atom is 1.00 e. The van der Waals surface area contributed by atoms with Gasteiger partial charge in [0, 0.05) is 17.1 Å². The van der Waals surface area contributed by atoms with Crippen molar-refractivity contribution >= 4 is 52.8 Å². The van der Waals surface area contributed by atoms with Gasteiger partial charge in [-0.15, -0.1) is 0 Å². The first-order valence-electron chi connectivity index (χ1n) is 10.3. The van der Waals surface area contributed by atoms with Crippen molar-refractivity contribution in [3.63, 3.8) is 0 Å². The summed E-state index contributed by atoms with van der Waals surface area (Å²) in [6.07, 6.45) is 0. The van der Waals surface area contributed by atoms with Crippen LogP contribution in [0.1, 0.15) is 31.1 Å². The van der Waals surface area contributed by atoms with E-state index in [-0.39, 0.29) is 123 Å². The number of benzene rings is 3. The summed E-state index contributed by atoms with van der Waals surface area (Å²) in [7, 11) is 0. The van der Waals surface area contributed by atoms with Crippen LogP contribution in [0.4, 0.5) is 34.9 Å².